The second-order valence-electron chi connectivity index (χ2n) is 24.6. The van der Waals surface area contributed by atoms with E-state index in [1.165, 1.54) is 6.92 Å². The van der Waals surface area contributed by atoms with Crippen molar-refractivity contribution in [3.8, 4) is 0 Å². The summed E-state index contributed by atoms with van der Waals surface area (Å²) >= 11 is 0. The number of rotatable bonds is 45. The number of carboxylic acids is 1. The molecule has 0 unspecified atom stereocenters. The first-order chi connectivity index (χ1) is 41.7. The highest BCUT2D eigenvalue weighted by Crippen LogP contribution is 2.21. The number of fused-ring (bicyclic) bond motifs is 1. The Morgan fingerprint density at radius 3 is 1.24 bits per heavy atom. The minimum absolute atomic E-state index is 0.00481. The number of carbonyl (C=O) groups excluding carboxylic acids is 9. The van der Waals surface area contributed by atoms with Crippen molar-refractivity contribution < 1.29 is 53.1 Å². The van der Waals surface area contributed by atoms with E-state index in [0.717, 1.165) is 10.9 Å². The molecule has 2 aromatic rings. The fraction of sp³-hybridized carbons (Fsp3) is 0.710. The fourth-order valence-electron chi connectivity index (χ4n) is 10.0. The lowest BCUT2D eigenvalue weighted by atomic mass is 9.96. The Morgan fingerprint density at radius 1 is 0.443 bits per heavy atom. The molecule has 1 aromatic carbocycles. The summed E-state index contributed by atoms with van der Waals surface area (Å²) in [4.78, 5) is 143. The van der Waals surface area contributed by atoms with Crippen LogP contribution in [0.1, 0.15) is 171 Å². The van der Waals surface area contributed by atoms with Crippen molar-refractivity contribution in [2.24, 2.45) is 52.3 Å². The number of nitrogens with one attached hydrogen (secondary N) is 10. The second-order valence-corrected chi connectivity index (χ2v) is 24.6. The first kappa shape index (κ1) is 77.4. The predicted molar refractivity (Wildman–Crippen MR) is 340 cm³/mol. The zero-order chi connectivity index (χ0) is 66.0. The van der Waals surface area contributed by atoms with Crippen molar-refractivity contribution in [1.82, 2.24) is 52.8 Å². The molecule has 26 nitrogen and oxygen atoms in total. The number of amides is 9. The number of para-hydroxylation sites is 1. The van der Waals surface area contributed by atoms with E-state index in [1.54, 1.807) is 13.1 Å². The van der Waals surface area contributed by atoms with Crippen LogP contribution in [-0.4, -0.2) is 156 Å². The van der Waals surface area contributed by atoms with Gasteiger partial charge in [0.2, 0.25) is 53.2 Å². The van der Waals surface area contributed by atoms with E-state index in [0.29, 0.717) is 82.9 Å². The van der Waals surface area contributed by atoms with Crippen molar-refractivity contribution in [3.05, 3.63) is 36.0 Å². The van der Waals surface area contributed by atoms with Gasteiger partial charge in [0.25, 0.3) is 0 Å². The van der Waals surface area contributed by atoms with Crippen LogP contribution in [0.3, 0.4) is 0 Å². The van der Waals surface area contributed by atoms with Crippen LogP contribution < -0.4 is 76.5 Å². The number of carbonyl (C=O) groups is 10. The lowest BCUT2D eigenvalue weighted by Crippen LogP contribution is -2.61. The first-order valence-corrected chi connectivity index (χ1v) is 31.8. The molecule has 0 fully saturated rings. The highest BCUT2D eigenvalue weighted by atomic mass is 16.4. The van der Waals surface area contributed by atoms with E-state index >= 15 is 0 Å². The van der Waals surface area contributed by atoms with Gasteiger partial charge < -0.3 is 86.6 Å². The third kappa shape index (κ3) is 28.2. The van der Waals surface area contributed by atoms with Crippen molar-refractivity contribution in [1.29, 1.82) is 0 Å². The largest absolute Gasteiger partial charge is 0.480 e. The third-order valence-corrected chi connectivity index (χ3v) is 15.3. The van der Waals surface area contributed by atoms with Gasteiger partial charge in [-0.25, -0.2) is 4.79 Å². The Balaban J connectivity index is 2.43. The Hall–Kier alpha value is -6.74. The summed E-state index contributed by atoms with van der Waals surface area (Å²) in [5, 5.41) is 35.5. The minimum Gasteiger partial charge on any atom is -0.480 e. The molecule has 0 radical (unpaired) electrons. The van der Waals surface area contributed by atoms with Gasteiger partial charge in [-0.2, -0.15) is 0 Å². The van der Waals surface area contributed by atoms with Crippen molar-refractivity contribution >= 4 is 70.0 Å². The summed E-state index contributed by atoms with van der Waals surface area (Å²) in [6.45, 7) is 17.5. The van der Waals surface area contributed by atoms with Crippen LogP contribution >= 0.6 is 0 Å². The van der Waals surface area contributed by atoms with Crippen molar-refractivity contribution in [2.75, 3.05) is 26.2 Å². The Morgan fingerprint density at radius 2 is 0.818 bits per heavy atom. The van der Waals surface area contributed by atoms with E-state index in [-0.39, 0.29) is 75.8 Å². The number of H-pyrrole nitrogens is 1. The van der Waals surface area contributed by atoms with E-state index < -0.39 is 125 Å². The number of nitrogens with two attached hydrogens (primary N) is 5. The molecule has 0 spiro atoms. The SMILES string of the molecule is CC[C@H](C)[C@H](NC(=O)[C@H](Cc1c[nH]c2ccccc12)NC(=O)[C@H](CC(C)C)NC(=O)[C@@H](N)CC(C)C)C(=O)N[C@@H](C)C(=O)N[C@@H](CC(C)C)C(=O)N[C@@H](CCCCN)C(=O)N[C@@H](CCCCN)C(=O)N[C@@H](CCCCN)C(=O)N[C@@H](CCCCN)C(=O)O. The maximum Gasteiger partial charge on any atom is 0.326 e. The van der Waals surface area contributed by atoms with Crippen LogP contribution in [0.5, 0.6) is 0 Å². The van der Waals surface area contributed by atoms with Crippen LogP contribution in [0, 0.1) is 23.7 Å². The zero-order valence-electron chi connectivity index (χ0n) is 53.7. The lowest BCUT2D eigenvalue weighted by Gasteiger charge is -2.29. The average molecular weight is 1240 g/mol. The highest BCUT2D eigenvalue weighted by molar-refractivity contribution is 5.99. The van der Waals surface area contributed by atoms with Gasteiger partial charge in [-0.1, -0.05) is 80.0 Å². The maximum atomic E-state index is 14.6. The molecule has 0 saturated carbocycles. The number of aromatic nitrogens is 1. The molecule has 0 bridgehead atoms. The summed E-state index contributed by atoms with van der Waals surface area (Å²) in [5.74, 6) is -8.02. The van der Waals surface area contributed by atoms with Gasteiger partial charge in [0.05, 0.1) is 6.04 Å². The van der Waals surface area contributed by atoms with Gasteiger partial charge in [-0.15, -0.1) is 0 Å². The van der Waals surface area contributed by atoms with Gasteiger partial charge in [0.1, 0.15) is 54.4 Å². The lowest BCUT2D eigenvalue weighted by molar-refractivity contribution is -0.142. The average Bonchev–Trinajstić information content (AvgIpc) is 4.14. The summed E-state index contributed by atoms with van der Waals surface area (Å²) in [7, 11) is 0. The molecule has 498 valence electrons. The molecule has 0 aliphatic carbocycles. The summed E-state index contributed by atoms with van der Waals surface area (Å²) in [6, 6.07) is -4.31. The zero-order valence-corrected chi connectivity index (χ0v) is 53.7. The van der Waals surface area contributed by atoms with Crippen LogP contribution in [-0.2, 0) is 54.4 Å². The standard InChI is InChI=1S/C62H109N15O11/c1-10-39(8)52(77-60(85)51(34-41-35-68-44-22-12-11-21-42(41)44)76-59(84)50(33-38(6)7)75-54(79)43(67)31-36(2)3)61(86)69-40(9)53(78)74-49(32-37(4)5)58(83)72-46(24-14-18-28-64)56(81)70-45(23-13-17-27-63)55(80)71-47(25-15-19-29-65)57(82)73-48(62(87)88)26-16-20-30-66/h11-12,21-22,35-40,43,45-52,68H,10,13-20,23-34,63-67H2,1-9H3,(H,69,86)(H,70,81)(H,71,80)(H,72,83)(H,73,82)(H,74,78)(H,75,79)(H,76,84)(H,77,85)(H,87,88)/t39-,40-,43-,45-,46-,47-,48-,49-,50-,51-,52-/m0/s1. The molecule has 11 atom stereocenters. The molecule has 2 rings (SSSR count). The number of aliphatic carboxylic acids is 1. The normalized spacial score (nSPS) is 15.3. The van der Waals surface area contributed by atoms with Gasteiger partial charge in [-0.05, 0) is 165 Å². The van der Waals surface area contributed by atoms with Crippen LogP contribution in [0.25, 0.3) is 10.9 Å². The predicted octanol–water partition coefficient (Wildman–Crippen LogP) is 1.21. The number of hydrogen-bond donors (Lipinski definition) is 16. The van der Waals surface area contributed by atoms with Gasteiger partial charge in [0.15, 0.2) is 0 Å². The van der Waals surface area contributed by atoms with E-state index in [2.05, 4.69) is 52.8 Å². The van der Waals surface area contributed by atoms with E-state index in [1.807, 2.05) is 72.7 Å². The molecule has 1 aromatic heterocycles. The van der Waals surface area contributed by atoms with Gasteiger partial charge in [0, 0.05) is 23.5 Å². The van der Waals surface area contributed by atoms with Crippen LogP contribution in [0.15, 0.2) is 30.5 Å². The fourth-order valence-corrected chi connectivity index (χ4v) is 10.0. The Labute approximate surface area is 520 Å². The van der Waals surface area contributed by atoms with E-state index in [9.17, 15) is 53.1 Å². The van der Waals surface area contributed by atoms with Gasteiger partial charge >= 0.3 is 5.97 Å². The molecule has 21 N–H and O–H groups in total. The van der Waals surface area contributed by atoms with Crippen molar-refractivity contribution in [2.45, 2.75) is 232 Å². The molecular weight excluding hydrogens is 1130 g/mol. The quantitative estimate of drug-likeness (QED) is 0.0414. The monoisotopic (exact) mass is 1240 g/mol. The smallest absolute Gasteiger partial charge is 0.326 e. The van der Waals surface area contributed by atoms with Crippen LogP contribution in [0.4, 0.5) is 0 Å². The maximum absolute atomic E-state index is 14.6. The molecule has 26 heteroatoms. The summed E-state index contributed by atoms with van der Waals surface area (Å²) in [6.07, 6.45) is 6.99. The number of unbranched alkanes of at least 4 members (excludes halogenated alkanes) is 4. The third-order valence-electron chi connectivity index (χ3n) is 15.3. The van der Waals surface area contributed by atoms with Crippen LogP contribution in [0.2, 0.25) is 0 Å². The number of benzene rings is 1. The first-order valence-electron chi connectivity index (χ1n) is 31.8. The summed E-state index contributed by atoms with van der Waals surface area (Å²) in [5.41, 5.74) is 30.7. The second kappa shape index (κ2) is 41.5. The molecule has 9 amide bonds. The molecular formula is C62H109N15O11. The summed E-state index contributed by atoms with van der Waals surface area (Å²) < 4.78 is 0. The topological polar surface area (TPSA) is 445 Å². The molecule has 0 aliphatic heterocycles. The molecule has 1 heterocycles. The Kier molecular flexibility index (Phi) is 36.5. The minimum atomic E-state index is -1.27. The Bertz CT molecular complexity index is 2510. The number of hydrogen-bond acceptors (Lipinski definition) is 15. The molecule has 88 heavy (non-hydrogen) atoms. The molecule has 0 saturated heterocycles. The highest BCUT2D eigenvalue weighted by Gasteiger charge is 2.37. The number of aromatic amines is 1. The van der Waals surface area contributed by atoms with E-state index in [4.69, 9.17) is 28.7 Å². The number of carboxylic acid groups (broad SMARTS) is 1. The van der Waals surface area contributed by atoms with Crippen molar-refractivity contribution in [3.63, 3.8) is 0 Å². The molecule has 0 aliphatic rings. The van der Waals surface area contributed by atoms with Gasteiger partial charge in [-0.3, -0.25) is 43.2 Å².